The summed E-state index contributed by atoms with van der Waals surface area (Å²) < 4.78 is 10.8. The van der Waals surface area contributed by atoms with E-state index in [9.17, 15) is 5.11 Å². The van der Waals surface area contributed by atoms with Crippen molar-refractivity contribution in [1.29, 1.82) is 0 Å². The Kier molecular flexibility index (Phi) is 3.25. The molecule has 0 bridgehead atoms. The van der Waals surface area contributed by atoms with Gasteiger partial charge in [-0.1, -0.05) is 5.16 Å². The van der Waals surface area contributed by atoms with E-state index in [2.05, 4.69) is 10.1 Å². The zero-order valence-electron chi connectivity index (χ0n) is 9.77. The van der Waals surface area contributed by atoms with Gasteiger partial charge in [-0.3, -0.25) is 0 Å². The van der Waals surface area contributed by atoms with E-state index in [0.29, 0.717) is 12.4 Å². The van der Waals surface area contributed by atoms with Crippen LogP contribution in [0.15, 0.2) is 4.52 Å². The van der Waals surface area contributed by atoms with E-state index >= 15 is 0 Å². The van der Waals surface area contributed by atoms with Crippen molar-refractivity contribution in [3.8, 4) is 0 Å². The van der Waals surface area contributed by atoms with Gasteiger partial charge in [0.2, 0.25) is 5.82 Å². The molecule has 1 aromatic heterocycles. The number of aliphatic hydroxyl groups is 1. The standard InChI is InChI=1S/C11H18N2O3/c1-3-15-11(6-4-5-7-11)10-12-9(8(2)14)16-13-10/h8,14H,3-7H2,1-2H3/t8-/m0/s1. The first kappa shape index (κ1) is 11.5. The summed E-state index contributed by atoms with van der Waals surface area (Å²) in [7, 11) is 0. The van der Waals surface area contributed by atoms with Crippen molar-refractivity contribution in [3.05, 3.63) is 11.7 Å². The molecule has 0 unspecified atom stereocenters. The minimum atomic E-state index is -0.721. The predicted octanol–water partition coefficient (Wildman–Crippen LogP) is 1.93. The molecular weight excluding hydrogens is 208 g/mol. The molecule has 0 amide bonds. The van der Waals surface area contributed by atoms with Gasteiger partial charge in [0.05, 0.1) is 0 Å². The number of hydrogen-bond donors (Lipinski definition) is 1. The molecule has 2 rings (SSSR count). The van der Waals surface area contributed by atoms with Gasteiger partial charge in [0.25, 0.3) is 5.89 Å². The van der Waals surface area contributed by atoms with Crippen LogP contribution in [0.4, 0.5) is 0 Å². The molecule has 5 nitrogen and oxygen atoms in total. The first-order valence-corrected chi connectivity index (χ1v) is 5.84. The molecule has 1 aromatic rings. The molecule has 0 radical (unpaired) electrons. The summed E-state index contributed by atoms with van der Waals surface area (Å²) in [6.07, 6.45) is 3.39. The summed E-state index contributed by atoms with van der Waals surface area (Å²) in [5.74, 6) is 0.851. The molecule has 1 heterocycles. The lowest BCUT2D eigenvalue weighted by Gasteiger charge is -2.24. The number of aliphatic hydroxyl groups excluding tert-OH is 1. The first-order valence-electron chi connectivity index (χ1n) is 5.84. The van der Waals surface area contributed by atoms with E-state index in [1.165, 1.54) is 0 Å². The third kappa shape index (κ3) is 1.97. The number of aromatic nitrogens is 2. The second-order valence-electron chi connectivity index (χ2n) is 4.27. The topological polar surface area (TPSA) is 68.4 Å². The number of ether oxygens (including phenoxy) is 1. The van der Waals surface area contributed by atoms with Crippen molar-refractivity contribution in [2.45, 2.75) is 51.2 Å². The normalized spacial score (nSPS) is 21.2. The van der Waals surface area contributed by atoms with Crippen LogP contribution < -0.4 is 0 Å². The lowest BCUT2D eigenvalue weighted by molar-refractivity contribution is -0.0469. The van der Waals surface area contributed by atoms with Gasteiger partial charge in [-0.2, -0.15) is 4.98 Å². The molecule has 1 saturated carbocycles. The van der Waals surface area contributed by atoms with Crippen LogP contribution in [0.5, 0.6) is 0 Å². The van der Waals surface area contributed by atoms with Crippen molar-refractivity contribution in [2.75, 3.05) is 6.61 Å². The molecule has 5 heteroatoms. The van der Waals surface area contributed by atoms with Gasteiger partial charge < -0.3 is 14.4 Å². The Morgan fingerprint density at radius 2 is 2.19 bits per heavy atom. The molecule has 1 aliphatic carbocycles. The Morgan fingerprint density at radius 3 is 2.69 bits per heavy atom. The number of nitrogens with zero attached hydrogens (tertiary/aromatic N) is 2. The highest BCUT2D eigenvalue weighted by molar-refractivity contribution is 5.05. The van der Waals surface area contributed by atoms with Crippen molar-refractivity contribution in [3.63, 3.8) is 0 Å². The zero-order valence-corrected chi connectivity index (χ0v) is 9.77. The van der Waals surface area contributed by atoms with Crippen molar-refractivity contribution >= 4 is 0 Å². The van der Waals surface area contributed by atoms with Crippen LogP contribution >= 0.6 is 0 Å². The second kappa shape index (κ2) is 4.51. The van der Waals surface area contributed by atoms with E-state index in [1.54, 1.807) is 6.92 Å². The summed E-state index contributed by atoms with van der Waals surface area (Å²) in [6, 6.07) is 0. The summed E-state index contributed by atoms with van der Waals surface area (Å²) >= 11 is 0. The maximum atomic E-state index is 9.36. The molecule has 1 aliphatic rings. The second-order valence-corrected chi connectivity index (χ2v) is 4.27. The molecule has 0 spiro atoms. The molecule has 1 fully saturated rings. The van der Waals surface area contributed by atoms with Crippen LogP contribution in [-0.2, 0) is 10.3 Å². The molecule has 1 N–H and O–H groups in total. The summed E-state index contributed by atoms with van der Waals surface area (Å²) in [6.45, 7) is 4.22. The average molecular weight is 226 g/mol. The maximum Gasteiger partial charge on any atom is 0.255 e. The van der Waals surface area contributed by atoms with Gasteiger partial charge in [0.15, 0.2) is 0 Å². The fourth-order valence-corrected chi connectivity index (χ4v) is 2.24. The van der Waals surface area contributed by atoms with Crippen LogP contribution in [-0.4, -0.2) is 21.9 Å². The molecule has 1 atom stereocenters. The van der Waals surface area contributed by atoms with Crippen LogP contribution in [0, 0.1) is 0 Å². The van der Waals surface area contributed by atoms with Crippen molar-refractivity contribution < 1.29 is 14.4 Å². The smallest absolute Gasteiger partial charge is 0.255 e. The first-order chi connectivity index (χ1) is 7.68. The third-order valence-corrected chi connectivity index (χ3v) is 3.04. The van der Waals surface area contributed by atoms with Gasteiger partial charge in [-0.05, 0) is 39.5 Å². The largest absolute Gasteiger partial charge is 0.384 e. The minimum Gasteiger partial charge on any atom is -0.384 e. The van der Waals surface area contributed by atoms with Crippen molar-refractivity contribution in [2.24, 2.45) is 0 Å². The highest BCUT2D eigenvalue weighted by Crippen LogP contribution is 2.40. The Bertz CT molecular complexity index is 343. The minimum absolute atomic E-state index is 0.265. The molecule has 0 saturated heterocycles. The molecule has 0 aliphatic heterocycles. The fraction of sp³-hybridized carbons (Fsp3) is 0.818. The van der Waals surface area contributed by atoms with Gasteiger partial charge in [0, 0.05) is 6.61 Å². The van der Waals surface area contributed by atoms with Crippen LogP contribution in [0.2, 0.25) is 0 Å². The SMILES string of the molecule is CCOC1(c2noc([C@H](C)O)n2)CCCC1. The van der Waals surface area contributed by atoms with Gasteiger partial charge in [-0.25, -0.2) is 0 Å². The Labute approximate surface area is 94.8 Å². The van der Waals surface area contributed by atoms with E-state index in [1.807, 2.05) is 6.92 Å². The summed E-state index contributed by atoms with van der Waals surface area (Å²) in [4.78, 5) is 4.23. The van der Waals surface area contributed by atoms with Gasteiger partial charge in [-0.15, -0.1) is 0 Å². The lowest BCUT2D eigenvalue weighted by atomic mass is 10.0. The number of rotatable bonds is 4. The molecule has 16 heavy (non-hydrogen) atoms. The van der Waals surface area contributed by atoms with E-state index < -0.39 is 6.10 Å². The fourth-order valence-electron chi connectivity index (χ4n) is 2.24. The zero-order chi connectivity index (χ0) is 11.6. The number of hydrogen-bond acceptors (Lipinski definition) is 5. The van der Waals surface area contributed by atoms with E-state index in [0.717, 1.165) is 25.7 Å². The van der Waals surface area contributed by atoms with E-state index in [4.69, 9.17) is 9.26 Å². The predicted molar refractivity (Wildman–Crippen MR) is 56.7 cm³/mol. The van der Waals surface area contributed by atoms with Gasteiger partial charge in [0.1, 0.15) is 11.7 Å². The monoisotopic (exact) mass is 226 g/mol. The van der Waals surface area contributed by atoms with Crippen LogP contribution in [0.1, 0.15) is 57.3 Å². The van der Waals surface area contributed by atoms with Crippen LogP contribution in [0.3, 0.4) is 0 Å². The van der Waals surface area contributed by atoms with Gasteiger partial charge >= 0.3 is 0 Å². The summed E-state index contributed by atoms with van der Waals surface area (Å²) in [5.41, 5.74) is -0.384. The maximum absolute atomic E-state index is 9.36. The molecule has 90 valence electrons. The average Bonchev–Trinajstić information content (AvgIpc) is 2.85. The highest BCUT2D eigenvalue weighted by atomic mass is 16.5. The third-order valence-electron chi connectivity index (χ3n) is 3.04. The Balaban J connectivity index is 2.24. The Morgan fingerprint density at radius 1 is 1.50 bits per heavy atom. The van der Waals surface area contributed by atoms with Crippen molar-refractivity contribution in [1.82, 2.24) is 10.1 Å². The highest BCUT2D eigenvalue weighted by Gasteiger charge is 2.41. The van der Waals surface area contributed by atoms with Crippen LogP contribution in [0.25, 0.3) is 0 Å². The summed E-state index contributed by atoms with van der Waals surface area (Å²) in [5, 5.41) is 13.3. The quantitative estimate of drug-likeness (QED) is 0.849. The lowest BCUT2D eigenvalue weighted by Crippen LogP contribution is -2.27. The molecule has 0 aromatic carbocycles. The van der Waals surface area contributed by atoms with E-state index in [-0.39, 0.29) is 11.5 Å². The molecular formula is C11H18N2O3. The Hall–Kier alpha value is -0.940.